The van der Waals surface area contributed by atoms with E-state index < -0.39 is 0 Å². The van der Waals surface area contributed by atoms with Crippen LogP contribution in [0.3, 0.4) is 0 Å². The van der Waals surface area contributed by atoms with Crippen LogP contribution in [-0.4, -0.2) is 24.6 Å². The Kier molecular flexibility index (Phi) is 8.19. The summed E-state index contributed by atoms with van der Waals surface area (Å²) in [5.41, 5.74) is 0. The van der Waals surface area contributed by atoms with Gasteiger partial charge in [-0.3, -0.25) is 0 Å². The molecule has 0 aliphatic heterocycles. The molecule has 0 heterocycles. The van der Waals surface area contributed by atoms with E-state index in [1.54, 1.807) is 0 Å². The lowest BCUT2D eigenvalue weighted by atomic mass is 10.3. The van der Waals surface area contributed by atoms with Crippen molar-refractivity contribution in [3.8, 4) is 0 Å². The van der Waals surface area contributed by atoms with Crippen molar-refractivity contribution in [1.82, 2.24) is 5.32 Å². The Labute approximate surface area is 74.6 Å². The number of rotatable bonds is 7. The molecule has 0 saturated carbocycles. The van der Waals surface area contributed by atoms with Gasteiger partial charge in [0.05, 0.1) is 0 Å². The van der Waals surface area contributed by atoms with E-state index in [0.717, 1.165) is 24.8 Å². The Morgan fingerprint density at radius 2 is 2.36 bits per heavy atom. The fourth-order valence-corrected chi connectivity index (χ4v) is 1.04. The highest BCUT2D eigenvalue weighted by Crippen LogP contribution is 2.02. The summed E-state index contributed by atoms with van der Waals surface area (Å²) >= 11 is 1.91. The number of unbranched alkanes of at least 4 members (excludes halogenated alkanes) is 1. The van der Waals surface area contributed by atoms with Crippen molar-refractivity contribution in [3.05, 3.63) is 12.7 Å². The fourth-order valence-electron chi connectivity index (χ4n) is 0.760. The van der Waals surface area contributed by atoms with E-state index in [4.69, 9.17) is 0 Å². The van der Waals surface area contributed by atoms with Crippen LogP contribution in [0.5, 0.6) is 0 Å². The van der Waals surface area contributed by atoms with Gasteiger partial charge < -0.3 is 5.32 Å². The van der Waals surface area contributed by atoms with Crippen LogP contribution in [0.2, 0.25) is 0 Å². The minimum Gasteiger partial charge on any atom is -0.316 e. The molecule has 0 aromatic rings. The van der Waals surface area contributed by atoms with E-state index in [-0.39, 0.29) is 0 Å². The van der Waals surface area contributed by atoms with Gasteiger partial charge in [0.25, 0.3) is 0 Å². The van der Waals surface area contributed by atoms with E-state index in [1.165, 1.54) is 6.42 Å². The van der Waals surface area contributed by atoms with Gasteiger partial charge >= 0.3 is 0 Å². The van der Waals surface area contributed by atoms with Crippen molar-refractivity contribution in [3.63, 3.8) is 0 Å². The SMILES string of the molecule is C=CCCCNCC(C)SC. The van der Waals surface area contributed by atoms with Crippen molar-refractivity contribution in [2.45, 2.75) is 25.0 Å². The second kappa shape index (κ2) is 8.15. The van der Waals surface area contributed by atoms with Crippen LogP contribution in [0.1, 0.15) is 19.8 Å². The van der Waals surface area contributed by atoms with Gasteiger partial charge in [-0.25, -0.2) is 0 Å². The smallest absolute Gasteiger partial charge is 0.0141 e. The molecule has 0 bridgehead atoms. The molecule has 0 radical (unpaired) electrons. The average Bonchev–Trinajstić information content (AvgIpc) is 2.04. The first-order chi connectivity index (χ1) is 5.31. The predicted octanol–water partition coefficient (Wildman–Crippen LogP) is 2.29. The second-order valence-electron chi connectivity index (χ2n) is 2.68. The Hall–Kier alpha value is 0.0500. The first kappa shape index (κ1) is 11.1. The maximum absolute atomic E-state index is 3.68. The van der Waals surface area contributed by atoms with Crippen LogP contribution in [-0.2, 0) is 0 Å². The lowest BCUT2D eigenvalue weighted by molar-refractivity contribution is 0.651. The Morgan fingerprint density at radius 3 is 2.91 bits per heavy atom. The Bertz CT molecular complexity index is 93.6. The van der Waals surface area contributed by atoms with Crippen LogP contribution in [0.25, 0.3) is 0 Å². The van der Waals surface area contributed by atoms with E-state index in [0.29, 0.717) is 0 Å². The van der Waals surface area contributed by atoms with Gasteiger partial charge in [-0.1, -0.05) is 13.0 Å². The summed E-state index contributed by atoms with van der Waals surface area (Å²) in [5, 5.41) is 4.14. The summed E-state index contributed by atoms with van der Waals surface area (Å²) in [6, 6.07) is 0. The molecule has 0 amide bonds. The second-order valence-corrected chi connectivity index (χ2v) is 3.96. The zero-order valence-corrected chi connectivity index (χ0v) is 8.41. The third-order valence-electron chi connectivity index (χ3n) is 1.60. The van der Waals surface area contributed by atoms with Crippen molar-refractivity contribution in [2.24, 2.45) is 0 Å². The topological polar surface area (TPSA) is 12.0 Å². The molecule has 66 valence electrons. The van der Waals surface area contributed by atoms with Gasteiger partial charge in [-0.2, -0.15) is 11.8 Å². The first-order valence-electron chi connectivity index (χ1n) is 4.15. The zero-order valence-electron chi connectivity index (χ0n) is 7.60. The summed E-state index contributed by atoms with van der Waals surface area (Å²) in [6.07, 6.45) is 6.46. The molecule has 1 unspecified atom stereocenters. The molecule has 2 heteroatoms. The van der Waals surface area contributed by atoms with E-state index in [2.05, 4.69) is 25.1 Å². The fraction of sp³-hybridized carbons (Fsp3) is 0.778. The van der Waals surface area contributed by atoms with Crippen LogP contribution in [0.15, 0.2) is 12.7 Å². The number of allylic oxidation sites excluding steroid dienone is 1. The molecule has 1 nitrogen and oxygen atoms in total. The maximum atomic E-state index is 3.68. The molecule has 0 spiro atoms. The maximum Gasteiger partial charge on any atom is 0.0141 e. The molecule has 0 aliphatic rings. The third kappa shape index (κ3) is 7.95. The van der Waals surface area contributed by atoms with Gasteiger partial charge in [0.1, 0.15) is 0 Å². The lowest BCUT2D eigenvalue weighted by Gasteiger charge is -2.08. The van der Waals surface area contributed by atoms with Crippen LogP contribution in [0, 0.1) is 0 Å². The molecule has 0 aromatic carbocycles. The highest BCUT2D eigenvalue weighted by Gasteiger charge is 1.95. The van der Waals surface area contributed by atoms with Gasteiger partial charge in [0, 0.05) is 11.8 Å². The molecule has 0 fully saturated rings. The van der Waals surface area contributed by atoms with Gasteiger partial charge in [0.2, 0.25) is 0 Å². The summed E-state index contributed by atoms with van der Waals surface area (Å²) in [6.45, 7) is 8.16. The molecule has 11 heavy (non-hydrogen) atoms. The van der Waals surface area contributed by atoms with Gasteiger partial charge in [-0.15, -0.1) is 6.58 Å². The van der Waals surface area contributed by atoms with E-state index in [1.807, 2.05) is 17.8 Å². The van der Waals surface area contributed by atoms with Crippen molar-refractivity contribution in [2.75, 3.05) is 19.3 Å². The Balaban J connectivity index is 2.95. The molecule has 0 saturated heterocycles. The molecule has 0 rings (SSSR count). The standard InChI is InChI=1S/C9H19NS/c1-4-5-6-7-10-8-9(2)11-3/h4,9-10H,1,5-8H2,2-3H3. The monoisotopic (exact) mass is 173 g/mol. The number of hydrogen-bond acceptors (Lipinski definition) is 2. The quantitative estimate of drug-likeness (QED) is 0.468. The molecule has 0 aliphatic carbocycles. The van der Waals surface area contributed by atoms with Crippen molar-refractivity contribution in [1.29, 1.82) is 0 Å². The average molecular weight is 173 g/mol. The molecule has 1 atom stereocenters. The van der Waals surface area contributed by atoms with Crippen molar-refractivity contribution >= 4 is 11.8 Å². The molecule has 0 aromatic heterocycles. The Morgan fingerprint density at radius 1 is 1.64 bits per heavy atom. The third-order valence-corrected chi connectivity index (χ3v) is 2.57. The van der Waals surface area contributed by atoms with E-state index >= 15 is 0 Å². The number of nitrogens with one attached hydrogen (secondary N) is 1. The summed E-state index contributed by atoms with van der Waals surface area (Å²) in [7, 11) is 0. The van der Waals surface area contributed by atoms with Crippen LogP contribution >= 0.6 is 11.8 Å². The minimum atomic E-state index is 0.735. The number of thioether (sulfide) groups is 1. The number of hydrogen-bond donors (Lipinski definition) is 1. The zero-order chi connectivity index (χ0) is 8.53. The largest absolute Gasteiger partial charge is 0.316 e. The molecular weight excluding hydrogens is 154 g/mol. The molecule has 1 N–H and O–H groups in total. The summed E-state index contributed by atoms with van der Waals surface area (Å²) in [5.74, 6) is 0. The normalized spacial score (nSPS) is 12.9. The van der Waals surface area contributed by atoms with Crippen LogP contribution in [0.4, 0.5) is 0 Å². The van der Waals surface area contributed by atoms with Gasteiger partial charge in [-0.05, 0) is 25.6 Å². The summed E-state index contributed by atoms with van der Waals surface area (Å²) in [4.78, 5) is 0. The van der Waals surface area contributed by atoms with Crippen LogP contribution < -0.4 is 5.32 Å². The van der Waals surface area contributed by atoms with E-state index in [9.17, 15) is 0 Å². The van der Waals surface area contributed by atoms with Gasteiger partial charge in [0.15, 0.2) is 0 Å². The minimum absolute atomic E-state index is 0.735. The predicted molar refractivity (Wildman–Crippen MR) is 55.3 cm³/mol. The molecular formula is C9H19NS. The highest BCUT2D eigenvalue weighted by atomic mass is 32.2. The summed E-state index contributed by atoms with van der Waals surface area (Å²) < 4.78 is 0. The first-order valence-corrected chi connectivity index (χ1v) is 5.44. The lowest BCUT2D eigenvalue weighted by Crippen LogP contribution is -2.23. The van der Waals surface area contributed by atoms with Crippen molar-refractivity contribution < 1.29 is 0 Å². The highest BCUT2D eigenvalue weighted by molar-refractivity contribution is 7.99.